The summed E-state index contributed by atoms with van der Waals surface area (Å²) in [5.41, 5.74) is 1.99. The average molecular weight is 243 g/mol. The van der Waals surface area contributed by atoms with Crippen LogP contribution in [0.25, 0.3) is 0 Å². The van der Waals surface area contributed by atoms with E-state index in [1.165, 1.54) is 12.5 Å². The molecule has 1 fully saturated rings. The lowest BCUT2D eigenvalue weighted by Crippen LogP contribution is -2.22. The molecule has 1 aliphatic carbocycles. The molecule has 0 radical (unpaired) electrons. The fourth-order valence-electron chi connectivity index (χ4n) is 2.58. The number of hydrogen-bond donors (Lipinski definition) is 0. The molecule has 0 amide bonds. The summed E-state index contributed by atoms with van der Waals surface area (Å²) in [6.45, 7) is 1.46. The Labute approximate surface area is 107 Å². The molecule has 0 aliphatic heterocycles. The number of rotatable bonds is 2. The molecule has 1 saturated carbocycles. The Morgan fingerprint density at radius 3 is 2.33 bits per heavy atom. The number of hydrogen-bond acceptors (Lipinski definition) is 3. The molecule has 0 heterocycles. The van der Waals surface area contributed by atoms with E-state index in [0.29, 0.717) is 11.5 Å². The van der Waals surface area contributed by atoms with E-state index in [-0.39, 0.29) is 12.1 Å². The van der Waals surface area contributed by atoms with Gasteiger partial charge in [-0.05, 0) is 49.3 Å². The van der Waals surface area contributed by atoms with E-state index >= 15 is 0 Å². The Morgan fingerprint density at radius 2 is 1.83 bits per heavy atom. The van der Waals surface area contributed by atoms with Crippen LogP contribution in [0.1, 0.15) is 49.7 Å². The van der Waals surface area contributed by atoms with Gasteiger partial charge in [0, 0.05) is 6.92 Å². The lowest BCUT2D eigenvalue weighted by molar-refractivity contribution is -0.147. The van der Waals surface area contributed by atoms with Gasteiger partial charge in [-0.3, -0.25) is 4.79 Å². The van der Waals surface area contributed by atoms with Crippen LogP contribution in [-0.4, -0.2) is 12.1 Å². The topological polar surface area (TPSA) is 50.1 Å². The molecule has 1 aromatic rings. The molecular formula is C15H17NO2. The maximum absolute atomic E-state index is 10.9. The van der Waals surface area contributed by atoms with E-state index < -0.39 is 0 Å². The van der Waals surface area contributed by atoms with Gasteiger partial charge in [0.15, 0.2) is 0 Å². The fourth-order valence-corrected chi connectivity index (χ4v) is 2.58. The van der Waals surface area contributed by atoms with Crippen molar-refractivity contribution in [1.82, 2.24) is 0 Å². The molecule has 0 unspecified atom stereocenters. The third kappa shape index (κ3) is 3.10. The number of carbonyl (C=O) groups excluding carboxylic acids is 1. The molecule has 0 aromatic heterocycles. The van der Waals surface area contributed by atoms with Gasteiger partial charge in [-0.1, -0.05) is 12.1 Å². The molecule has 0 atom stereocenters. The normalized spacial score (nSPS) is 23.1. The van der Waals surface area contributed by atoms with Crippen molar-refractivity contribution in [3.05, 3.63) is 35.4 Å². The summed E-state index contributed by atoms with van der Waals surface area (Å²) < 4.78 is 5.23. The standard InChI is InChI=1S/C15H17NO2/c1-11(17)18-15-8-6-14(7-9-15)13-4-2-12(10-16)3-5-13/h2-5,14-15H,6-9H2,1H3/t14-,15-. The summed E-state index contributed by atoms with van der Waals surface area (Å²) in [5, 5.41) is 8.76. The molecule has 0 bridgehead atoms. The van der Waals surface area contributed by atoms with Crippen LogP contribution in [0.5, 0.6) is 0 Å². The molecule has 2 rings (SSSR count). The van der Waals surface area contributed by atoms with Crippen LogP contribution in [0, 0.1) is 11.3 Å². The zero-order valence-electron chi connectivity index (χ0n) is 10.6. The second-order valence-corrected chi connectivity index (χ2v) is 4.82. The molecule has 0 N–H and O–H groups in total. The lowest BCUT2D eigenvalue weighted by Gasteiger charge is -2.28. The molecule has 0 spiro atoms. The molecule has 1 aliphatic rings. The summed E-state index contributed by atoms with van der Waals surface area (Å²) >= 11 is 0. The number of nitrogens with zero attached hydrogens (tertiary/aromatic N) is 1. The van der Waals surface area contributed by atoms with Crippen LogP contribution in [0.2, 0.25) is 0 Å². The Balaban J connectivity index is 1.93. The van der Waals surface area contributed by atoms with Crippen LogP contribution in [-0.2, 0) is 9.53 Å². The molecule has 18 heavy (non-hydrogen) atoms. The number of esters is 1. The van der Waals surface area contributed by atoms with Gasteiger partial charge in [0.1, 0.15) is 6.10 Å². The lowest BCUT2D eigenvalue weighted by atomic mass is 9.82. The number of benzene rings is 1. The zero-order chi connectivity index (χ0) is 13.0. The van der Waals surface area contributed by atoms with Gasteiger partial charge in [0.05, 0.1) is 11.6 Å². The summed E-state index contributed by atoms with van der Waals surface area (Å²) in [6, 6.07) is 9.94. The maximum atomic E-state index is 10.9. The number of ether oxygens (including phenoxy) is 1. The summed E-state index contributed by atoms with van der Waals surface area (Å²) in [6.07, 6.45) is 4.06. The van der Waals surface area contributed by atoms with Crippen LogP contribution in [0.4, 0.5) is 0 Å². The van der Waals surface area contributed by atoms with Crippen molar-refractivity contribution in [2.24, 2.45) is 0 Å². The second kappa shape index (κ2) is 5.68. The average Bonchev–Trinajstić information content (AvgIpc) is 2.39. The van der Waals surface area contributed by atoms with E-state index in [1.807, 2.05) is 24.3 Å². The second-order valence-electron chi connectivity index (χ2n) is 4.82. The Bertz CT molecular complexity index is 450. The molecule has 3 nitrogen and oxygen atoms in total. The fraction of sp³-hybridized carbons (Fsp3) is 0.467. The highest BCUT2D eigenvalue weighted by atomic mass is 16.5. The minimum Gasteiger partial charge on any atom is -0.463 e. The van der Waals surface area contributed by atoms with Crippen LogP contribution in [0.3, 0.4) is 0 Å². The maximum Gasteiger partial charge on any atom is 0.302 e. The molecule has 1 aromatic carbocycles. The van der Waals surface area contributed by atoms with Gasteiger partial charge in [-0.2, -0.15) is 5.26 Å². The summed E-state index contributed by atoms with van der Waals surface area (Å²) in [7, 11) is 0. The predicted octanol–water partition coefficient (Wildman–Crippen LogP) is 3.15. The van der Waals surface area contributed by atoms with Gasteiger partial charge in [0.25, 0.3) is 0 Å². The van der Waals surface area contributed by atoms with Gasteiger partial charge >= 0.3 is 5.97 Å². The number of nitriles is 1. The van der Waals surface area contributed by atoms with Gasteiger partial charge in [-0.15, -0.1) is 0 Å². The molecule has 94 valence electrons. The van der Waals surface area contributed by atoms with Crippen molar-refractivity contribution in [2.45, 2.75) is 44.6 Å². The van der Waals surface area contributed by atoms with Crippen molar-refractivity contribution in [3.63, 3.8) is 0 Å². The minimum absolute atomic E-state index is 0.0946. The monoisotopic (exact) mass is 243 g/mol. The Morgan fingerprint density at radius 1 is 1.22 bits per heavy atom. The van der Waals surface area contributed by atoms with E-state index in [9.17, 15) is 4.79 Å². The highest BCUT2D eigenvalue weighted by molar-refractivity contribution is 5.66. The van der Waals surface area contributed by atoms with E-state index in [0.717, 1.165) is 25.7 Å². The van der Waals surface area contributed by atoms with Crippen molar-refractivity contribution >= 4 is 5.97 Å². The van der Waals surface area contributed by atoms with Gasteiger partial charge in [-0.25, -0.2) is 0 Å². The van der Waals surface area contributed by atoms with Crippen molar-refractivity contribution < 1.29 is 9.53 Å². The van der Waals surface area contributed by atoms with Crippen molar-refractivity contribution in [3.8, 4) is 6.07 Å². The zero-order valence-corrected chi connectivity index (χ0v) is 10.6. The third-order valence-corrected chi connectivity index (χ3v) is 3.52. The third-order valence-electron chi connectivity index (χ3n) is 3.52. The van der Waals surface area contributed by atoms with Crippen molar-refractivity contribution in [2.75, 3.05) is 0 Å². The first-order valence-corrected chi connectivity index (χ1v) is 6.36. The SMILES string of the molecule is CC(=O)O[C@H]1CC[C@H](c2ccc(C#N)cc2)CC1. The highest BCUT2D eigenvalue weighted by Gasteiger charge is 2.23. The molecular weight excluding hydrogens is 226 g/mol. The molecule has 0 saturated heterocycles. The summed E-state index contributed by atoms with van der Waals surface area (Å²) in [4.78, 5) is 10.9. The Kier molecular flexibility index (Phi) is 3.99. The predicted molar refractivity (Wildman–Crippen MR) is 67.9 cm³/mol. The van der Waals surface area contributed by atoms with Crippen LogP contribution < -0.4 is 0 Å². The Hall–Kier alpha value is -1.82. The van der Waals surface area contributed by atoms with Crippen LogP contribution >= 0.6 is 0 Å². The number of carbonyl (C=O) groups is 1. The summed E-state index contributed by atoms with van der Waals surface area (Å²) in [5.74, 6) is 0.348. The van der Waals surface area contributed by atoms with E-state index in [2.05, 4.69) is 6.07 Å². The minimum atomic E-state index is -0.183. The van der Waals surface area contributed by atoms with Crippen molar-refractivity contribution in [1.29, 1.82) is 5.26 Å². The molecule has 3 heteroatoms. The smallest absolute Gasteiger partial charge is 0.302 e. The first kappa shape index (κ1) is 12.6. The first-order valence-electron chi connectivity index (χ1n) is 6.36. The van der Waals surface area contributed by atoms with Crippen LogP contribution in [0.15, 0.2) is 24.3 Å². The van der Waals surface area contributed by atoms with E-state index in [1.54, 1.807) is 0 Å². The highest BCUT2D eigenvalue weighted by Crippen LogP contribution is 2.34. The van der Waals surface area contributed by atoms with E-state index in [4.69, 9.17) is 10.00 Å². The quantitative estimate of drug-likeness (QED) is 0.750. The first-order chi connectivity index (χ1) is 8.69. The largest absolute Gasteiger partial charge is 0.463 e. The van der Waals surface area contributed by atoms with Gasteiger partial charge < -0.3 is 4.74 Å². The van der Waals surface area contributed by atoms with Gasteiger partial charge in [0.2, 0.25) is 0 Å².